The lowest BCUT2D eigenvalue weighted by molar-refractivity contribution is -0.137. The minimum absolute atomic E-state index is 0.0199. The summed E-state index contributed by atoms with van der Waals surface area (Å²) in [4.78, 5) is 86.6. The molecule has 26 nitrogen and oxygen atoms in total. The molecule has 306 valence electrons. The van der Waals surface area contributed by atoms with Gasteiger partial charge in [-0.3, -0.25) is 32.5 Å². The number of nitrogens with zero attached hydrogens (tertiary/aromatic N) is 4. The molecule has 3 heterocycles. The predicted octanol–water partition coefficient (Wildman–Crippen LogP) is -2.98. The summed E-state index contributed by atoms with van der Waals surface area (Å²) in [5, 5.41) is 43.3. The van der Waals surface area contributed by atoms with Crippen LogP contribution in [-0.2, 0) is 50.7 Å². The Balaban J connectivity index is 1.51. The normalized spacial score (nSPS) is 22.6. The number of ether oxygens (including phenoxy) is 1. The molecule has 30 heteroatoms. The third-order valence-electron chi connectivity index (χ3n) is 7.19. The van der Waals surface area contributed by atoms with E-state index in [0.717, 1.165) is 17.2 Å². The number of thioether (sulfide) groups is 1. The Morgan fingerprint density at radius 2 is 1.72 bits per heavy atom. The van der Waals surface area contributed by atoms with Crippen LogP contribution in [0.25, 0.3) is 11.2 Å². The Morgan fingerprint density at radius 3 is 2.37 bits per heavy atom. The summed E-state index contributed by atoms with van der Waals surface area (Å²) in [6.45, 7) is -0.594. The molecule has 0 radical (unpaired) electrons. The van der Waals surface area contributed by atoms with Crippen molar-refractivity contribution in [3.8, 4) is 0 Å². The summed E-state index contributed by atoms with van der Waals surface area (Å²) in [7, 11) is -16.4. The second-order valence-corrected chi connectivity index (χ2v) is 17.3. The van der Waals surface area contributed by atoms with Crippen LogP contribution in [0, 0.1) is 5.41 Å². The molecule has 0 aliphatic carbocycles. The second-order valence-electron chi connectivity index (χ2n) is 11.9. The van der Waals surface area contributed by atoms with E-state index in [4.69, 9.17) is 24.6 Å². The van der Waals surface area contributed by atoms with Gasteiger partial charge in [-0.05, 0) is 0 Å². The van der Waals surface area contributed by atoms with Gasteiger partial charge >= 0.3 is 23.5 Å². The maximum atomic E-state index is 12.6. The van der Waals surface area contributed by atoms with Gasteiger partial charge in [-0.1, -0.05) is 25.6 Å². The first-order valence-corrected chi connectivity index (χ1v) is 20.8. The molecule has 2 aromatic heterocycles. The molecular weight excluding hydrogens is 815 g/mol. The van der Waals surface area contributed by atoms with Crippen LogP contribution in [0.4, 0.5) is 5.82 Å². The zero-order valence-corrected chi connectivity index (χ0v) is 31.8. The summed E-state index contributed by atoms with van der Waals surface area (Å²) in [5.41, 5.74) is 4.20. The highest BCUT2D eigenvalue weighted by Gasteiger charge is 2.50. The molecule has 1 aliphatic heterocycles. The van der Waals surface area contributed by atoms with Gasteiger partial charge in [-0.15, -0.1) is 0 Å². The van der Waals surface area contributed by atoms with Crippen LogP contribution in [0.3, 0.4) is 0 Å². The fourth-order valence-corrected chi connectivity index (χ4v) is 7.95. The van der Waals surface area contributed by atoms with E-state index in [1.54, 1.807) is 0 Å². The van der Waals surface area contributed by atoms with Crippen LogP contribution in [0.1, 0.15) is 26.5 Å². The van der Waals surface area contributed by atoms with Gasteiger partial charge in [0.1, 0.15) is 42.4 Å². The SMILES string of the molecule is CC(C)(COP(=O)(O)OP(=O)(O)OC[C@H]1O[C@@H](n2cnc3c(N)ncnc32)[C@H](O)[C@@H]1OP(=O)(O)O)[C@@H](O)C(=O)NCCC(=O)NCCSC(=O)C(O)CO. The van der Waals surface area contributed by atoms with E-state index in [0.29, 0.717) is 11.8 Å². The molecule has 3 unspecified atom stereocenters. The Kier molecular flexibility index (Phi) is 16.2. The van der Waals surface area contributed by atoms with E-state index in [-0.39, 0.29) is 42.2 Å². The quantitative estimate of drug-likeness (QED) is 0.0441. The van der Waals surface area contributed by atoms with Crippen LogP contribution in [0.15, 0.2) is 12.7 Å². The van der Waals surface area contributed by atoms with Gasteiger partial charge in [0, 0.05) is 30.7 Å². The summed E-state index contributed by atoms with van der Waals surface area (Å²) < 4.78 is 61.8. The molecular formula is C24H40N7O19P3S. The van der Waals surface area contributed by atoms with Gasteiger partial charge in [-0.2, -0.15) is 4.31 Å². The van der Waals surface area contributed by atoms with Crippen molar-refractivity contribution in [1.29, 1.82) is 0 Å². The molecule has 12 N–H and O–H groups in total. The molecule has 1 saturated heterocycles. The highest BCUT2D eigenvalue weighted by Crippen LogP contribution is 2.61. The van der Waals surface area contributed by atoms with Crippen LogP contribution in [0.2, 0.25) is 0 Å². The fraction of sp³-hybridized carbons (Fsp3) is 0.667. The third kappa shape index (κ3) is 13.3. The van der Waals surface area contributed by atoms with Gasteiger partial charge < -0.3 is 61.1 Å². The number of phosphoric ester groups is 3. The van der Waals surface area contributed by atoms with E-state index < -0.39 is 102 Å². The van der Waals surface area contributed by atoms with Crippen LogP contribution in [0.5, 0.6) is 0 Å². The van der Waals surface area contributed by atoms with Gasteiger partial charge in [0.05, 0.1) is 26.1 Å². The number of nitrogens with one attached hydrogen (secondary N) is 2. The number of aliphatic hydroxyl groups excluding tert-OH is 4. The predicted molar refractivity (Wildman–Crippen MR) is 180 cm³/mol. The number of phosphoric acid groups is 3. The maximum absolute atomic E-state index is 12.6. The molecule has 2 aromatic rings. The number of nitrogen functional groups attached to an aromatic ring is 1. The molecule has 2 amide bonds. The number of hydrogen-bond acceptors (Lipinski definition) is 20. The smallest absolute Gasteiger partial charge is 0.393 e. The number of imidazole rings is 1. The van der Waals surface area contributed by atoms with Crippen LogP contribution < -0.4 is 16.4 Å². The third-order valence-corrected chi connectivity index (χ3v) is 11.3. The first-order valence-electron chi connectivity index (χ1n) is 15.3. The van der Waals surface area contributed by atoms with Gasteiger partial charge in [-0.25, -0.2) is 28.6 Å². The van der Waals surface area contributed by atoms with Crippen molar-refractivity contribution in [2.45, 2.75) is 57.0 Å². The van der Waals surface area contributed by atoms with E-state index in [1.807, 2.05) is 0 Å². The molecule has 1 fully saturated rings. The summed E-state index contributed by atoms with van der Waals surface area (Å²) in [6.07, 6.45) is -8.64. The Labute approximate surface area is 309 Å². The molecule has 0 bridgehead atoms. The molecule has 1 aliphatic rings. The number of anilines is 1. The number of nitrogens with two attached hydrogens (primary N) is 1. The number of rotatable bonds is 21. The Hall–Kier alpha value is -2.52. The maximum Gasteiger partial charge on any atom is 0.481 e. The van der Waals surface area contributed by atoms with Crippen molar-refractivity contribution < 1.29 is 90.7 Å². The number of fused-ring (bicyclic) bond motifs is 1. The molecule has 3 rings (SSSR count). The molecule has 0 saturated carbocycles. The number of carbonyl (C=O) groups excluding carboxylic acids is 3. The monoisotopic (exact) mass is 855 g/mol. The lowest BCUT2D eigenvalue weighted by Gasteiger charge is -2.30. The zero-order valence-electron chi connectivity index (χ0n) is 28.3. The standard InChI is InChI=1S/C24H40N7O19P3S/c1-24(2,18(36)21(37)27-4-3-14(34)26-5-6-54-23(38)12(33)7-32)9-47-53(44,45)50-52(42,43)46-8-13-17(49-51(39,40)41)16(35)22(48-13)31-11-30-15-19(25)28-10-29-20(15)31/h10-13,16-18,22,32-33,35-36H,3-9H2,1-2H3,(H,26,34)(H,27,37)(H,42,43)(H,44,45)(H2,25,28,29)(H2,39,40,41)/t12?,13-,16-,17-,18+,22-/m1/s1. The minimum Gasteiger partial charge on any atom is -0.393 e. The Bertz CT molecular complexity index is 1780. The van der Waals surface area contributed by atoms with Crippen molar-refractivity contribution in [1.82, 2.24) is 30.2 Å². The fourth-order valence-electron chi connectivity index (χ4n) is 4.45. The first-order chi connectivity index (χ1) is 25.0. The van der Waals surface area contributed by atoms with E-state index in [1.165, 1.54) is 13.8 Å². The van der Waals surface area contributed by atoms with Gasteiger partial charge in [0.2, 0.25) is 16.9 Å². The van der Waals surface area contributed by atoms with Crippen molar-refractivity contribution in [3.05, 3.63) is 12.7 Å². The number of aliphatic hydroxyl groups is 4. The average molecular weight is 856 g/mol. The van der Waals surface area contributed by atoms with Crippen molar-refractivity contribution in [2.24, 2.45) is 5.41 Å². The molecule has 54 heavy (non-hydrogen) atoms. The largest absolute Gasteiger partial charge is 0.481 e. The van der Waals surface area contributed by atoms with Crippen LogP contribution >= 0.6 is 35.2 Å². The Morgan fingerprint density at radius 1 is 1.06 bits per heavy atom. The summed E-state index contributed by atoms with van der Waals surface area (Å²) in [6, 6.07) is 0. The van der Waals surface area contributed by atoms with Gasteiger partial charge in [0.15, 0.2) is 17.7 Å². The highest BCUT2D eigenvalue weighted by atomic mass is 32.2. The lowest BCUT2D eigenvalue weighted by atomic mass is 9.87. The number of aromatic nitrogens is 4. The topological polar surface area (TPSA) is 404 Å². The molecule has 0 spiro atoms. The number of hydrogen-bond donors (Lipinski definition) is 11. The van der Waals surface area contributed by atoms with Crippen molar-refractivity contribution in [2.75, 3.05) is 44.4 Å². The first kappa shape index (κ1) is 45.9. The summed E-state index contributed by atoms with van der Waals surface area (Å²) >= 11 is 0.693. The van der Waals surface area contributed by atoms with Crippen LogP contribution in [-0.4, -0.2) is 146 Å². The van der Waals surface area contributed by atoms with E-state index in [9.17, 15) is 63.0 Å². The minimum atomic E-state index is -5.58. The number of carbonyl (C=O) groups is 3. The highest BCUT2D eigenvalue weighted by molar-refractivity contribution is 8.13. The zero-order chi connectivity index (χ0) is 40.6. The lowest BCUT2D eigenvalue weighted by Crippen LogP contribution is -2.46. The average Bonchev–Trinajstić information content (AvgIpc) is 3.64. The van der Waals surface area contributed by atoms with E-state index in [2.05, 4.69) is 34.4 Å². The molecule has 0 aromatic carbocycles. The summed E-state index contributed by atoms with van der Waals surface area (Å²) in [5.74, 6) is -1.51. The van der Waals surface area contributed by atoms with Crippen molar-refractivity contribution >= 4 is 69.1 Å². The second kappa shape index (κ2) is 19.1. The molecule has 8 atom stereocenters. The van der Waals surface area contributed by atoms with Crippen molar-refractivity contribution in [3.63, 3.8) is 0 Å². The van der Waals surface area contributed by atoms with Gasteiger partial charge in [0.25, 0.3) is 0 Å². The number of amides is 2. The van der Waals surface area contributed by atoms with E-state index >= 15 is 0 Å².